The molecular weight excluding hydrogens is 293 g/mol. The van der Waals surface area contributed by atoms with E-state index < -0.39 is 11.2 Å². The Bertz CT molecular complexity index is 902. The van der Waals surface area contributed by atoms with E-state index >= 15 is 0 Å². The molecule has 2 aromatic rings. The van der Waals surface area contributed by atoms with Crippen molar-refractivity contribution in [3.8, 4) is 0 Å². The van der Waals surface area contributed by atoms with Gasteiger partial charge >= 0.3 is 0 Å². The minimum Gasteiger partial charge on any atom is -0.314 e. The quantitative estimate of drug-likeness (QED) is 0.749. The molecule has 0 fully saturated rings. The van der Waals surface area contributed by atoms with Crippen LogP contribution in [0.1, 0.15) is 39.0 Å². The van der Waals surface area contributed by atoms with Gasteiger partial charge in [-0.25, -0.2) is 4.39 Å². The predicted molar refractivity (Wildman–Crippen MR) is 85.5 cm³/mol. The molecule has 1 aliphatic carbocycles. The Morgan fingerprint density at radius 2 is 1.74 bits per heavy atom. The van der Waals surface area contributed by atoms with Crippen molar-refractivity contribution in [3.63, 3.8) is 0 Å². The number of carbonyl (C=O) groups is 2. The van der Waals surface area contributed by atoms with E-state index in [9.17, 15) is 14.0 Å². The summed E-state index contributed by atoms with van der Waals surface area (Å²) in [6.07, 6.45) is 0.0743. The fourth-order valence-electron chi connectivity index (χ4n) is 3.92. The van der Waals surface area contributed by atoms with Crippen molar-refractivity contribution in [1.82, 2.24) is 0 Å². The van der Waals surface area contributed by atoms with E-state index in [1.54, 1.807) is 13.1 Å². The zero-order valence-electron chi connectivity index (χ0n) is 13.2. The van der Waals surface area contributed by atoms with Crippen LogP contribution < -0.4 is 4.90 Å². The molecule has 1 aliphatic heterocycles. The largest absolute Gasteiger partial charge is 0.314 e. The Morgan fingerprint density at radius 3 is 2.48 bits per heavy atom. The maximum absolute atomic E-state index is 13.9. The van der Waals surface area contributed by atoms with Gasteiger partial charge in [-0.1, -0.05) is 6.07 Å². The number of benzene rings is 2. The number of Topliss-reactive ketones (excluding diaryl/α,β-unsaturated/α-hetero) is 1. The molecule has 0 bridgehead atoms. The van der Waals surface area contributed by atoms with Crippen LogP contribution in [0.5, 0.6) is 0 Å². The van der Waals surface area contributed by atoms with E-state index in [4.69, 9.17) is 0 Å². The van der Waals surface area contributed by atoms with Crippen molar-refractivity contribution < 1.29 is 14.0 Å². The van der Waals surface area contributed by atoms with Crippen molar-refractivity contribution in [2.45, 2.75) is 25.7 Å². The van der Waals surface area contributed by atoms with Gasteiger partial charge in [0.2, 0.25) is 5.91 Å². The number of likely N-dealkylation sites (N-methyl/N-ethyl adjacent to an activating group) is 1. The average molecular weight is 309 g/mol. The zero-order valence-corrected chi connectivity index (χ0v) is 13.2. The van der Waals surface area contributed by atoms with Crippen molar-refractivity contribution >= 4 is 17.4 Å². The number of hydrogen-bond donors (Lipinski definition) is 0. The summed E-state index contributed by atoms with van der Waals surface area (Å²) in [5.74, 6) is -0.605. The first-order chi connectivity index (χ1) is 10.9. The number of aryl methyl sites for hydroxylation is 2. The number of anilines is 1. The molecule has 1 atom stereocenters. The maximum atomic E-state index is 13.9. The first kappa shape index (κ1) is 14.1. The summed E-state index contributed by atoms with van der Waals surface area (Å²) in [7, 11) is 1.68. The van der Waals surface area contributed by atoms with Crippen LogP contribution in [-0.4, -0.2) is 18.7 Å². The van der Waals surface area contributed by atoms with Gasteiger partial charge < -0.3 is 4.90 Å². The molecule has 0 aromatic heterocycles. The summed E-state index contributed by atoms with van der Waals surface area (Å²) in [4.78, 5) is 27.2. The van der Waals surface area contributed by atoms with Gasteiger partial charge in [0.05, 0.1) is 0 Å². The van der Waals surface area contributed by atoms with E-state index in [0.29, 0.717) is 22.4 Å². The van der Waals surface area contributed by atoms with E-state index in [2.05, 4.69) is 0 Å². The minimum absolute atomic E-state index is 0.0537. The van der Waals surface area contributed by atoms with Gasteiger partial charge in [-0.3, -0.25) is 9.59 Å². The first-order valence-electron chi connectivity index (χ1n) is 7.59. The summed E-state index contributed by atoms with van der Waals surface area (Å²) in [5, 5.41) is 0. The number of rotatable bonds is 0. The molecule has 23 heavy (non-hydrogen) atoms. The molecule has 4 heteroatoms. The van der Waals surface area contributed by atoms with Crippen LogP contribution in [0.15, 0.2) is 30.3 Å². The Morgan fingerprint density at radius 1 is 1.04 bits per heavy atom. The molecule has 2 aromatic carbocycles. The zero-order chi connectivity index (χ0) is 16.5. The Kier molecular flexibility index (Phi) is 2.63. The number of fused-ring (bicyclic) bond motifs is 4. The second-order valence-corrected chi connectivity index (χ2v) is 6.51. The second kappa shape index (κ2) is 4.28. The van der Waals surface area contributed by atoms with Crippen molar-refractivity contribution in [3.05, 3.63) is 64.0 Å². The summed E-state index contributed by atoms with van der Waals surface area (Å²) in [6, 6.07) is 8.13. The normalized spacial score (nSPS) is 22.0. The van der Waals surface area contributed by atoms with Gasteiger partial charge in [0.1, 0.15) is 11.2 Å². The molecule has 116 valence electrons. The highest BCUT2D eigenvalue weighted by atomic mass is 19.1. The second-order valence-electron chi connectivity index (χ2n) is 6.51. The van der Waals surface area contributed by atoms with Crippen LogP contribution >= 0.6 is 0 Å². The SMILES string of the molecule is Cc1cc2c(cc1C)C1(CC2=O)C(=O)N(C)c2ccc(F)cc21. The van der Waals surface area contributed by atoms with Crippen LogP contribution in [0, 0.1) is 19.7 Å². The molecule has 1 heterocycles. The average Bonchev–Trinajstić information content (AvgIpc) is 2.89. The highest BCUT2D eigenvalue weighted by Gasteiger charge is 2.57. The fraction of sp³-hybridized carbons (Fsp3) is 0.263. The summed E-state index contributed by atoms with van der Waals surface area (Å²) in [6.45, 7) is 3.91. The van der Waals surface area contributed by atoms with Crippen LogP contribution in [0.25, 0.3) is 0 Å². The Balaban J connectivity index is 2.09. The number of nitrogens with zero attached hydrogens (tertiary/aromatic N) is 1. The highest BCUT2D eigenvalue weighted by molar-refractivity contribution is 6.18. The molecule has 2 aliphatic rings. The van der Waals surface area contributed by atoms with E-state index in [0.717, 1.165) is 11.1 Å². The fourth-order valence-corrected chi connectivity index (χ4v) is 3.92. The van der Waals surface area contributed by atoms with Crippen LogP contribution in [-0.2, 0) is 10.2 Å². The van der Waals surface area contributed by atoms with Gasteiger partial charge in [-0.15, -0.1) is 0 Å². The van der Waals surface area contributed by atoms with Gasteiger partial charge in [0.25, 0.3) is 0 Å². The standard InChI is InChI=1S/C19H16FNO2/c1-10-6-13-14(7-11(10)2)19(9-17(13)22)15-8-12(20)4-5-16(15)21(3)18(19)23/h4-8H,9H2,1-3H3. The van der Waals surface area contributed by atoms with Crippen LogP contribution in [0.2, 0.25) is 0 Å². The first-order valence-corrected chi connectivity index (χ1v) is 7.59. The predicted octanol–water partition coefficient (Wildman–Crippen LogP) is 3.29. The molecule has 3 nitrogen and oxygen atoms in total. The third kappa shape index (κ3) is 1.58. The van der Waals surface area contributed by atoms with Crippen molar-refractivity contribution in [2.75, 3.05) is 11.9 Å². The number of hydrogen-bond acceptors (Lipinski definition) is 2. The molecule has 0 N–H and O–H groups in total. The van der Waals surface area contributed by atoms with Gasteiger partial charge in [-0.2, -0.15) is 0 Å². The lowest BCUT2D eigenvalue weighted by Crippen LogP contribution is -2.38. The molecule has 0 saturated heterocycles. The van der Waals surface area contributed by atoms with E-state index in [1.807, 2.05) is 26.0 Å². The Labute approximate surface area is 133 Å². The summed E-state index contributed by atoms with van der Waals surface area (Å²) >= 11 is 0. The third-order valence-electron chi connectivity index (χ3n) is 5.27. The number of halogens is 1. The number of ketones is 1. The smallest absolute Gasteiger partial charge is 0.242 e. The van der Waals surface area contributed by atoms with Crippen molar-refractivity contribution in [2.24, 2.45) is 0 Å². The summed E-state index contributed by atoms with van der Waals surface area (Å²) in [5.41, 5.74) is 3.55. The van der Waals surface area contributed by atoms with Gasteiger partial charge in [0, 0.05) is 24.7 Å². The summed E-state index contributed by atoms with van der Waals surface area (Å²) < 4.78 is 13.9. The molecule has 0 saturated carbocycles. The van der Waals surface area contributed by atoms with E-state index in [-0.39, 0.29) is 18.1 Å². The third-order valence-corrected chi connectivity index (χ3v) is 5.27. The topological polar surface area (TPSA) is 37.4 Å². The Hall–Kier alpha value is -2.49. The van der Waals surface area contributed by atoms with E-state index in [1.165, 1.54) is 17.0 Å². The molecule has 1 amide bonds. The molecule has 1 spiro atoms. The minimum atomic E-state index is -1.07. The lowest BCUT2D eigenvalue weighted by molar-refractivity contribution is -0.121. The number of amides is 1. The molecule has 4 rings (SSSR count). The molecule has 0 radical (unpaired) electrons. The monoisotopic (exact) mass is 309 g/mol. The van der Waals surface area contributed by atoms with Crippen LogP contribution in [0.4, 0.5) is 10.1 Å². The van der Waals surface area contributed by atoms with Gasteiger partial charge in [0.15, 0.2) is 5.78 Å². The molecular formula is C19H16FNO2. The molecule has 1 unspecified atom stereocenters. The lowest BCUT2D eigenvalue weighted by Gasteiger charge is -2.24. The maximum Gasteiger partial charge on any atom is 0.242 e. The van der Waals surface area contributed by atoms with Crippen LogP contribution in [0.3, 0.4) is 0 Å². The highest BCUT2D eigenvalue weighted by Crippen LogP contribution is 2.53. The number of carbonyl (C=O) groups excluding carboxylic acids is 2. The lowest BCUT2D eigenvalue weighted by atomic mass is 9.76. The van der Waals surface area contributed by atoms with Gasteiger partial charge in [-0.05, 0) is 60.4 Å². The van der Waals surface area contributed by atoms with Crippen molar-refractivity contribution in [1.29, 1.82) is 0 Å².